The first-order valence-electron chi connectivity index (χ1n) is 28.4. The third-order valence-electron chi connectivity index (χ3n) is 11.8. The minimum absolute atomic E-state index is 0.0611. The van der Waals surface area contributed by atoms with Gasteiger partial charge in [-0.2, -0.15) is 0 Å². The summed E-state index contributed by atoms with van der Waals surface area (Å²) < 4.78 is 17.4. The van der Waals surface area contributed by atoms with Crippen molar-refractivity contribution in [2.75, 3.05) is 19.8 Å². The number of hydrogen-bond acceptors (Lipinski definition) is 5. The van der Waals surface area contributed by atoms with Crippen molar-refractivity contribution in [1.29, 1.82) is 0 Å². The van der Waals surface area contributed by atoms with E-state index in [4.69, 9.17) is 14.2 Å². The van der Waals surface area contributed by atoms with Crippen molar-refractivity contribution in [1.82, 2.24) is 0 Å². The van der Waals surface area contributed by atoms with Crippen LogP contribution in [0.25, 0.3) is 0 Å². The molecule has 0 spiro atoms. The van der Waals surface area contributed by atoms with Crippen LogP contribution in [-0.2, 0) is 23.8 Å². The van der Waals surface area contributed by atoms with E-state index < -0.39 is 6.10 Å². The minimum Gasteiger partial charge on any atom is -0.462 e. The fourth-order valence-electron chi connectivity index (χ4n) is 7.60. The highest BCUT2D eigenvalue weighted by Gasteiger charge is 2.17. The predicted molar refractivity (Wildman–Crippen MR) is 297 cm³/mol. The lowest BCUT2D eigenvalue weighted by molar-refractivity contribution is -0.163. The van der Waals surface area contributed by atoms with Gasteiger partial charge in [-0.3, -0.25) is 9.59 Å². The predicted octanol–water partition coefficient (Wildman–Crippen LogP) is 19.6. The maximum atomic E-state index is 12.9. The molecule has 0 bridgehead atoms. The molecule has 0 aromatic carbocycles. The van der Waals surface area contributed by atoms with Crippen molar-refractivity contribution in [3.63, 3.8) is 0 Å². The zero-order valence-corrected chi connectivity index (χ0v) is 44.6. The van der Waals surface area contributed by atoms with E-state index in [2.05, 4.69) is 130 Å². The standard InChI is InChI=1S/C63H106O5/c1-4-7-10-13-16-19-22-25-28-30-32-33-36-38-41-44-47-50-53-56-62(64)67-60-61(68-63(65)57-54-51-48-45-42-39-35-27-24-21-18-15-12-9-6-3)59-66-58-55-52-49-46-43-40-37-34-31-29-26-23-20-17-14-11-8-5-2/h7-8,10-11,16-17,19-20,25-29,32-35,37,61H,4-6,9,12-15,18,21-24,30-31,36,38-60H2,1-3H3/b10-7-,11-8-,19-16-,20-17-,28-25-,29-26-,33-32-,35-27-,37-34-. The summed E-state index contributed by atoms with van der Waals surface area (Å²) in [6.07, 6.45) is 79.6. The van der Waals surface area contributed by atoms with Crippen LogP contribution in [0.3, 0.4) is 0 Å². The van der Waals surface area contributed by atoms with Gasteiger partial charge in [-0.05, 0) is 122 Å². The molecule has 0 heterocycles. The fourth-order valence-corrected chi connectivity index (χ4v) is 7.60. The topological polar surface area (TPSA) is 61.8 Å². The van der Waals surface area contributed by atoms with Crippen LogP contribution in [0.5, 0.6) is 0 Å². The van der Waals surface area contributed by atoms with Gasteiger partial charge in [0.1, 0.15) is 6.61 Å². The zero-order valence-electron chi connectivity index (χ0n) is 44.6. The van der Waals surface area contributed by atoms with Gasteiger partial charge in [-0.1, -0.05) is 226 Å². The Kier molecular flexibility index (Phi) is 54.9. The van der Waals surface area contributed by atoms with E-state index in [1.807, 2.05) is 0 Å². The maximum Gasteiger partial charge on any atom is 0.306 e. The van der Waals surface area contributed by atoms with E-state index in [-0.39, 0.29) is 25.2 Å². The van der Waals surface area contributed by atoms with Gasteiger partial charge < -0.3 is 14.2 Å². The van der Waals surface area contributed by atoms with E-state index in [0.29, 0.717) is 19.4 Å². The smallest absolute Gasteiger partial charge is 0.306 e. The SMILES string of the molecule is CC/C=C\C/C=C\C/C=C\C/C=C\CCCCCCCCC(=O)OCC(COCCCCCCC/C=C\C/C=C\C/C=C\C/C=C\CC)OC(=O)CCCCCCC/C=C\CCCCCCCC. The first-order chi connectivity index (χ1) is 33.6. The second kappa shape index (κ2) is 57.9. The first-order valence-corrected chi connectivity index (χ1v) is 28.4. The molecule has 0 rings (SSSR count). The first kappa shape index (κ1) is 64.6. The summed E-state index contributed by atoms with van der Waals surface area (Å²) in [4.78, 5) is 25.5. The second-order valence-corrected chi connectivity index (χ2v) is 18.4. The summed E-state index contributed by atoms with van der Waals surface area (Å²) in [6, 6.07) is 0. The molecule has 0 aliphatic rings. The van der Waals surface area contributed by atoms with Crippen LogP contribution in [0.1, 0.15) is 252 Å². The Morgan fingerprint density at radius 2 is 0.662 bits per heavy atom. The summed E-state index contributed by atoms with van der Waals surface area (Å²) >= 11 is 0. The van der Waals surface area contributed by atoms with E-state index >= 15 is 0 Å². The molecule has 5 nitrogen and oxygen atoms in total. The maximum absolute atomic E-state index is 12.9. The summed E-state index contributed by atoms with van der Waals surface area (Å²) in [5.74, 6) is -0.435. The lowest BCUT2D eigenvalue weighted by atomic mass is 10.1. The largest absolute Gasteiger partial charge is 0.462 e. The minimum atomic E-state index is -0.564. The molecule has 5 heteroatoms. The van der Waals surface area contributed by atoms with Crippen molar-refractivity contribution in [3.05, 3.63) is 109 Å². The Morgan fingerprint density at radius 3 is 1.07 bits per heavy atom. The Bertz CT molecular complexity index is 1340. The number of ether oxygens (including phenoxy) is 3. The second-order valence-electron chi connectivity index (χ2n) is 18.4. The molecule has 0 saturated heterocycles. The average Bonchev–Trinajstić information content (AvgIpc) is 3.34. The molecule has 1 unspecified atom stereocenters. The number of hydrogen-bond donors (Lipinski definition) is 0. The van der Waals surface area contributed by atoms with E-state index in [9.17, 15) is 9.59 Å². The number of carbonyl (C=O) groups excluding carboxylic acids is 2. The molecule has 0 saturated carbocycles. The number of carbonyl (C=O) groups is 2. The molecular formula is C63H106O5. The van der Waals surface area contributed by atoms with Crippen LogP contribution in [-0.4, -0.2) is 37.9 Å². The molecular weight excluding hydrogens is 837 g/mol. The summed E-state index contributed by atoms with van der Waals surface area (Å²) in [5.41, 5.74) is 0. The van der Waals surface area contributed by atoms with Crippen LogP contribution < -0.4 is 0 Å². The van der Waals surface area contributed by atoms with Gasteiger partial charge in [-0.15, -0.1) is 0 Å². The number of rotatable bonds is 51. The molecule has 0 aliphatic carbocycles. The van der Waals surface area contributed by atoms with Gasteiger partial charge in [0.2, 0.25) is 0 Å². The molecule has 1 atom stereocenters. The average molecular weight is 944 g/mol. The number of esters is 2. The molecule has 0 amide bonds. The summed E-state index contributed by atoms with van der Waals surface area (Å²) in [5, 5.41) is 0. The van der Waals surface area contributed by atoms with Crippen LogP contribution in [0, 0.1) is 0 Å². The Labute approximate surface area is 421 Å². The Hall–Kier alpha value is -3.44. The third-order valence-corrected chi connectivity index (χ3v) is 11.8. The lowest BCUT2D eigenvalue weighted by Crippen LogP contribution is -2.30. The van der Waals surface area contributed by atoms with Gasteiger partial charge in [0.05, 0.1) is 6.61 Å². The molecule has 0 aromatic rings. The Balaban J connectivity index is 4.36. The molecule has 0 aromatic heterocycles. The van der Waals surface area contributed by atoms with Crippen molar-refractivity contribution < 1.29 is 23.8 Å². The normalized spacial score (nSPS) is 13.0. The van der Waals surface area contributed by atoms with Crippen LogP contribution in [0.15, 0.2) is 109 Å². The van der Waals surface area contributed by atoms with Crippen molar-refractivity contribution in [2.24, 2.45) is 0 Å². The highest BCUT2D eigenvalue weighted by molar-refractivity contribution is 5.70. The summed E-state index contributed by atoms with van der Waals surface area (Å²) in [6.45, 7) is 7.54. The van der Waals surface area contributed by atoms with Crippen molar-refractivity contribution >= 4 is 11.9 Å². The van der Waals surface area contributed by atoms with Crippen molar-refractivity contribution in [2.45, 2.75) is 258 Å². The van der Waals surface area contributed by atoms with Gasteiger partial charge in [0.25, 0.3) is 0 Å². The third kappa shape index (κ3) is 55.2. The Morgan fingerprint density at radius 1 is 0.338 bits per heavy atom. The van der Waals surface area contributed by atoms with Crippen molar-refractivity contribution in [3.8, 4) is 0 Å². The quantitative estimate of drug-likeness (QED) is 0.0345. The highest BCUT2D eigenvalue weighted by Crippen LogP contribution is 2.14. The van der Waals surface area contributed by atoms with Gasteiger partial charge in [-0.25, -0.2) is 0 Å². The number of unbranched alkanes of at least 4 members (excludes halogenated alkanes) is 22. The van der Waals surface area contributed by atoms with Gasteiger partial charge in [0, 0.05) is 19.4 Å². The molecule has 0 radical (unpaired) electrons. The molecule has 0 aliphatic heterocycles. The van der Waals surface area contributed by atoms with E-state index in [1.54, 1.807) is 0 Å². The van der Waals surface area contributed by atoms with Crippen LogP contribution in [0.4, 0.5) is 0 Å². The molecule has 388 valence electrons. The van der Waals surface area contributed by atoms with Crippen LogP contribution in [0.2, 0.25) is 0 Å². The lowest BCUT2D eigenvalue weighted by Gasteiger charge is -2.18. The number of allylic oxidation sites excluding steroid dienone is 18. The molecule has 0 N–H and O–H groups in total. The van der Waals surface area contributed by atoms with Gasteiger partial charge >= 0.3 is 11.9 Å². The van der Waals surface area contributed by atoms with E-state index in [0.717, 1.165) is 122 Å². The van der Waals surface area contributed by atoms with Gasteiger partial charge in [0.15, 0.2) is 6.10 Å². The zero-order chi connectivity index (χ0) is 49.2. The summed E-state index contributed by atoms with van der Waals surface area (Å²) in [7, 11) is 0. The van der Waals surface area contributed by atoms with E-state index in [1.165, 1.54) is 96.3 Å². The monoisotopic (exact) mass is 943 g/mol. The highest BCUT2D eigenvalue weighted by atomic mass is 16.6. The molecule has 0 fully saturated rings. The molecule has 68 heavy (non-hydrogen) atoms. The van der Waals surface area contributed by atoms with Crippen LogP contribution >= 0.6 is 0 Å². The fraction of sp³-hybridized carbons (Fsp3) is 0.683.